The molecular weight excluding hydrogens is 1170 g/mol. The summed E-state index contributed by atoms with van der Waals surface area (Å²) in [7, 11) is -4.65. The number of benzene rings is 4. The average molecular weight is 1240 g/mol. The molecule has 0 bridgehead atoms. The molecule has 1 aliphatic carbocycles. The van der Waals surface area contributed by atoms with Gasteiger partial charge >= 0.3 is 0 Å². The first kappa shape index (κ1) is 61.0. The molecule has 24 heteroatoms. The number of amides is 5. The lowest BCUT2D eigenvalue weighted by molar-refractivity contribution is -0.384. The van der Waals surface area contributed by atoms with Gasteiger partial charge in [0.1, 0.15) is 28.9 Å². The molecule has 3 fully saturated rings. The maximum absolute atomic E-state index is 14.2. The second-order valence-electron chi connectivity index (χ2n) is 23.6. The van der Waals surface area contributed by atoms with Gasteiger partial charge < -0.3 is 29.6 Å². The molecule has 5 aliphatic rings. The number of halogens is 1. The number of nitro groups is 1. The van der Waals surface area contributed by atoms with Crippen molar-refractivity contribution in [1.82, 2.24) is 34.7 Å². The lowest BCUT2D eigenvalue weighted by atomic mass is 9.72. The SMILES string of the molecule is CC1(C)CCC(CN2CCN(c3ccc(C(=O)NS(=O)(=O)c4ccc(NCC5CCCN(CCOCCCSc6cccc7c6C(=O)N(C6CCC(=O)NC6=O)C7=O)C5)c([N+](=O)[O-])c4)c(Oc4cnc5[nH]ccc5c4)c3)CC2)=C(c2ccc(Cl)cc2)C1. The maximum atomic E-state index is 14.2. The van der Waals surface area contributed by atoms with Crippen LogP contribution in [0.1, 0.15) is 102 Å². The number of hydrogen-bond donors (Lipinski definition) is 4. The zero-order valence-corrected chi connectivity index (χ0v) is 50.9. The van der Waals surface area contributed by atoms with E-state index in [1.165, 1.54) is 52.9 Å². The number of imide groups is 2. The van der Waals surface area contributed by atoms with Crippen LogP contribution in [0.4, 0.5) is 17.1 Å². The molecule has 6 aromatic rings. The molecule has 87 heavy (non-hydrogen) atoms. The molecule has 21 nitrogen and oxygen atoms in total. The number of carbonyl (C=O) groups excluding carboxylic acids is 5. The molecule has 6 heterocycles. The van der Waals surface area contributed by atoms with Crippen LogP contribution in [0.5, 0.6) is 11.5 Å². The van der Waals surface area contributed by atoms with Crippen LogP contribution in [0.25, 0.3) is 16.6 Å². The van der Waals surface area contributed by atoms with Crippen molar-refractivity contribution in [3.8, 4) is 11.5 Å². The van der Waals surface area contributed by atoms with Crippen LogP contribution in [-0.4, -0.2) is 151 Å². The Hall–Kier alpha value is -7.67. The van der Waals surface area contributed by atoms with Crippen molar-refractivity contribution in [3.05, 3.63) is 146 Å². The number of pyridine rings is 1. The van der Waals surface area contributed by atoms with Gasteiger partial charge in [-0.15, -0.1) is 11.8 Å². The first-order valence-electron chi connectivity index (χ1n) is 29.4. The Morgan fingerprint density at radius 3 is 2.53 bits per heavy atom. The van der Waals surface area contributed by atoms with Crippen molar-refractivity contribution >= 4 is 96.6 Å². The number of piperazine rings is 1. The molecule has 2 unspecified atom stereocenters. The van der Waals surface area contributed by atoms with Crippen molar-refractivity contribution in [1.29, 1.82) is 0 Å². The quantitative estimate of drug-likeness (QED) is 0.0162. The number of nitrogens with zero attached hydrogens (tertiary/aromatic N) is 6. The first-order valence-corrected chi connectivity index (χ1v) is 32.3. The molecule has 11 rings (SSSR count). The van der Waals surface area contributed by atoms with Crippen LogP contribution in [-0.2, 0) is 24.3 Å². The third-order valence-electron chi connectivity index (χ3n) is 16.9. The van der Waals surface area contributed by atoms with Gasteiger partial charge in [-0.1, -0.05) is 49.2 Å². The molecule has 2 atom stereocenters. The highest BCUT2D eigenvalue weighted by Crippen LogP contribution is 2.44. The molecule has 4 aliphatic heterocycles. The van der Waals surface area contributed by atoms with Crippen molar-refractivity contribution < 1.29 is 46.8 Å². The minimum atomic E-state index is -4.65. The van der Waals surface area contributed by atoms with Crippen LogP contribution in [0.15, 0.2) is 119 Å². The second kappa shape index (κ2) is 26.3. The van der Waals surface area contributed by atoms with Crippen LogP contribution < -0.4 is 25.0 Å². The molecule has 0 saturated carbocycles. The molecule has 4 N–H and O–H groups in total. The van der Waals surface area contributed by atoms with Gasteiger partial charge in [0.15, 0.2) is 0 Å². The van der Waals surface area contributed by atoms with Crippen LogP contribution >= 0.6 is 23.4 Å². The Labute approximate surface area is 513 Å². The number of anilines is 2. The summed E-state index contributed by atoms with van der Waals surface area (Å²) >= 11 is 7.71. The molecule has 0 spiro atoms. The number of ether oxygens (including phenoxy) is 2. The van der Waals surface area contributed by atoms with Crippen LogP contribution in [0.3, 0.4) is 0 Å². The lowest BCUT2D eigenvalue weighted by Crippen LogP contribution is -2.54. The second-order valence-corrected chi connectivity index (χ2v) is 26.8. The summed E-state index contributed by atoms with van der Waals surface area (Å²) in [6, 6.07) is 24.3. The van der Waals surface area contributed by atoms with Gasteiger partial charge in [-0.2, -0.15) is 0 Å². The molecule has 2 aromatic heterocycles. The molecular formula is C63H69ClN10O11S2. The fourth-order valence-corrected chi connectivity index (χ4v) is 14.3. The molecule has 4 aromatic carbocycles. The molecule has 5 amide bonds. The number of nitrogens with one attached hydrogen (secondary N) is 4. The predicted octanol–water partition coefficient (Wildman–Crippen LogP) is 9.55. The highest BCUT2D eigenvalue weighted by Gasteiger charge is 2.46. The van der Waals surface area contributed by atoms with Gasteiger partial charge in [-0.3, -0.25) is 49.2 Å². The van der Waals surface area contributed by atoms with Crippen molar-refractivity contribution in [3.63, 3.8) is 0 Å². The topological polar surface area (TPSA) is 259 Å². The summed E-state index contributed by atoms with van der Waals surface area (Å²) in [6.45, 7) is 12.1. The van der Waals surface area contributed by atoms with Gasteiger partial charge in [0.2, 0.25) is 11.8 Å². The van der Waals surface area contributed by atoms with E-state index in [-0.39, 0.29) is 52.3 Å². The van der Waals surface area contributed by atoms with E-state index in [1.54, 1.807) is 42.6 Å². The fourth-order valence-electron chi connectivity index (χ4n) is 12.2. The minimum Gasteiger partial charge on any atom is -0.455 e. The van der Waals surface area contributed by atoms with Crippen molar-refractivity contribution in [2.75, 3.05) is 88.1 Å². The van der Waals surface area contributed by atoms with Crippen LogP contribution in [0, 0.1) is 21.4 Å². The van der Waals surface area contributed by atoms with E-state index in [9.17, 15) is 42.5 Å². The van der Waals surface area contributed by atoms with Gasteiger partial charge in [0.05, 0.1) is 39.3 Å². The first-order chi connectivity index (χ1) is 41.9. The normalized spacial score (nSPS) is 19.3. The average Bonchev–Trinajstić information content (AvgIpc) is 2.10. The molecule has 3 saturated heterocycles. The number of nitro benzene ring substituents is 1. The van der Waals surface area contributed by atoms with E-state index < -0.39 is 61.1 Å². The van der Waals surface area contributed by atoms with E-state index >= 15 is 0 Å². The zero-order chi connectivity index (χ0) is 61.0. The highest BCUT2D eigenvalue weighted by atomic mass is 35.5. The number of allylic oxidation sites excluding steroid dienone is 1. The number of sulfonamides is 1. The minimum absolute atomic E-state index is 0.0457. The third kappa shape index (κ3) is 14.2. The van der Waals surface area contributed by atoms with Gasteiger partial charge in [0.25, 0.3) is 33.4 Å². The number of likely N-dealkylation sites (tertiary alicyclic amines) is 1. The molecule has 0 radical (unpaired) electrons. The Bertz CT molecular complexity index is 3790. The highest BCUT2D eigenvalue weighted by molar-refractivity contribution is 7.99. The predicted molar refractivity (Wildman–Crippen MR) is 332 cm³/mol. The Morgan fingerprint density at radius 1 is 0.920 bits per heavy atom. The van der Waals surface area contributed by atoms with E-state index in [0.717, 1.165) is 80.3 Å². The van der Waals surface area contributed by atoms with Gasteiger partial charge in [0, 0.05) is 110 Å². The summed E-state index contributed by atoms with van der Waals surface area (Å²) < 4.78 is 42.5. The summed E-state index contributed by atoms with van der Waals surface area (Å²) in [6.07, 6.45) is 8.99. The van der Waals surface area contributed by atoms with E-state index in [4.69, 9.17) is 21.1 Å². The van der Waals surface area contributed by atoms with Crippen LogP contribution in [0.2, 0.25) is 5.02 Å². The summed E-state index contributed by atoms with van der Waals surface area (Å²) in [4.78, 5) is 92.6. The van der Waals surface area contributed by atoms with Crippen molar-refractivity contribution in [2.45, 2.75) is 81.0 Å². The van der Waals surface area contributed by atoms with Crippen molar-refractivity contribution in [2.24, 2.45) is 11.3 Å². The monoisotopic (exact) mass is 1240 g/mol. The number of hydrogen-bond acceptors (Lipinski definition) is 17. The fraction of sp³-hybridized carbons (Fsp3) is 0.397. The zero-order valence-electron chi connectivity index (χ0n) is 48.5. The summed E-state index contributed by atoms with van der Waals surface area (Å²) in [5.41, 5.74) is 5.81. The summed E-state index contributed by atoms with van der Waals surface area (Å²) in [5.74, 6) is -1.98. The summed E-state index contributed by atoms with van der Waals surface area (Å²) in [5, 5.41) is 19.4. The van der Waals surface area contributed by atoms with Gasteiger partial charge in [-0.25, -0.2) is 18.1 Å². The largest absolute Gasteiger partial charge is 0.455 e. The standard InChI is InChI=1S/C63H69ClN10O11S2/c1-63(2)21-19-43(50(35-63)41-9-11-44(64)12-10-41)39-71-24-26-72(27-25-71)45-13-15-48(54(33-45)85-46-32-42-20-22-65-58(42)67-37-46)59(76)69-87(82,83)47-14-16-51(53(34-47)74(80)81)66-36-40-6-4-23-70(38-40)28-30-84-29-5-31-86-55-8-3-7-49-57(55)62(79)73(61(49)78)52-17-18-56(75)68-60(52)77/h3,7-16,20,22,32-34,37,40,52,66H,4-6,17-19,21,23-31,35-36,38-39H2,1-2H3,(H,65,67)(H,69,76)(H,68,75,77). The smallest absolute Gasteiger partial charge is 0.293 e. The number of aromatic amines is 1. The van der Waals surface area contributed by atoms with Gasteiger partial charge in [-0.05, 0) is 135 Å². The van der Waals surface area contributed by atoms with E-state index in [0.29, 0.717) is 79.4 Å². The van der Waals surface area contributed by atoms with E-state index in [1.807, 2.05) is 18.2 Å². The van der Waals surface area contributed by atoms with E-state index in [2.05, 4.69) is 66.0 Å². The molecule has 456 valence electrons. The number of thioether (sulfide) groups is 1. The Balaban J connectivity index is 0.677. The lowest BCUT2D eigenvalue weighted by Gasteiger charge is -2.39. The number of rotatable bonds is 22. The number of piperidine rings is 2. The number of aromatic nitrogens is 2. The third-order valence-corrected chi connectivity index (χ3v) is 19.6. The Kier molecular flexibility index (Phi) is 18.5. The maximum Gasteiger partial charge on any atom is 0.293 e. The number of H-pyrrole nitrogens is 1. The number of carbonyl (C=O) groups is 5. The number of fused-ring (bicyclic) bond motifs is 2. The Morgan fingerprint density at radius 2 is 1.74 bits per heavy atom.